The van der Waals surface area contributed by atoms with Crippen LogP contribution in [0.2, 0.25) is 0 Å². The minimum atomic E-state index is -0.703. The first-order valence-electron chi connectivity index (χ1n) is 5.20. The smallest absolute Gasteiger partial charge is 0.312 e. The SMILES string of the molecule is CC(C)(C)C(NC(N)=O)C(=O)Nc1ccsc1. The molecule has 1 unspecified atom stereocenters. The van der Waals surface area contributed by atoms with Crippen LogP contribution >= 0.6 is 11.3 Å². The summed E-state index contributed by atoms with van der Waals surface area (Å²) in [5.41, 5.74) is 5.39. The Kier molecular flexibility index (Phi) is 4.11. The van der Waals surface area contributed by atoms with E-state index in [-0.39, 0.29) is 5.91 Å². The monoisotopic (exact) mass is 255 g/mol. The zero-order valence-electron chi connectivity index (χ0n) is 10.1. The maximum Gasteiger partial charge on any atom is 0.312 e. The third-order valence-electron chi connectivity index (χ3n) is 2.20. The van der Waals surface area contributed by atoms with Crippen molar-refractivity contribution in [3.63, 3.8) is 0 Å². The largest absolute Gasteiger partial charge is 0.352 e. The molecule has 1 heterocycles. The Morgan fingerprint density at radius 2 is 2.06 bits per heavy atom. The normalized spacial score (nSPS) is 12.9. The van der Waals surface area contributed by atoms with Gasteiger partial charge in [-0.05, 0) is 16.9 Å². The lowest BCUT2D eigenvalue weighted by molar-refractivity contribution is -0.120. The predicted molar refractivity (Wildman–Crippen MR) is 68.9 cm³/mol. The second-order valence-electron chi connectivity index (χ2n) is 4.81. The van der Waals surface area contributed by atoms with Gasteiger partial charge < -0.3 is 16.4 Å². The van der Waals surface area contributed by atoms with Gasteiger partial charge in [-0.25, -0.2) is 4.79 Å². The van der Waals surface area contributed by atoms with Gasteiger partial charge in [0.25, 0.3) is 0 Å². The van der Waals surface area contributed by atoms with Crippen LogP contribution in [0, 0.1) is 5.41 Å². The highest BCUT2D eigenvalue weighted by molar-refractivity contribution is 7.08. The summed E-state index contributed by atoms with van der Waals surface area (Å²) in [6.07, 6.45) is 0. The van der Waals surface area contributed by atoms with Crippen LogP contribution in [0.15, 0.2) is 16.8 Å². The summed E-state index contributed by atoms with van der Waals surface area (Å²) in [5, 5.41) is 8.88. The second-order valence-corrected chi connectivity index (χ2v) is 5.59. The Morgan fingerprint density at radius 1 is 1.41 bits per heavy atom. The van der Waals surface area contributed by atoms with Gasteiger partial charge in [0.05, 0.1) is 5.69 Å². The lowest BCUT2D eigenvalue weighted by Gasteiger charge is -2.29. The summed E-state index contributed by atoms with van der Waals surface area (Å²) < 4.78 is 0. The van der Waals surface area contributed by atoms with Crippen molar-refractivity contribution in [2.75, 3.05) is 5.32 Å². The number of primary amides is 1. The number of hydrogen-bond donors (Lipinski definition) is 3. The molecule has 4 N–H and O–H groups in total. The molecule has 0 saturated heterocycles. The maximum absolute atomic E-state index is 12.0. The first-order chi connectivity index (χ1) is 7.80. The highest BCUT2D eigenvalue weighted by Gasteiger charge is 2.32. The molecule has 6 heteroatoms. The quantitative estimate of drug-likeness (QED) is 0.769. The van der Waals surface area contributed by atoms with E-state index in [1.54, 1.807) is 6.07 Å². The molecule has 0 aliphatic heterocycles. The zero-order chi connectivity index (χ0) is 13.1. The molecular formula is C11H17N3O2S. The Balaban J connectivity index is 2.76. The van der Waals surface area contributed by atoms with Gasteiger partial charge in [0.2, 0.25) is 5.91 Å². The van der Waals surface area contributed by atoms with Gasteiger partial charge in [0.15, 0.2) is 0 Å². The lowest BCUT2D eigenvalue weighted by Crippen LogP contribution is -2.52. The van der Waals surface area contributed by atoms with Crippen LogP contribution in [-0.2, 0) is 4.79 Å². The Bertz CT molecular complexity index is 395. The highest BCUT2D eigenvalue weighted by atomic mass is 32.1. The number of carbonyl (C=O) groups excluding carboxylic acids is 2. The zero-order valence-corrected chi connectivity index (χ0v) is 10.9. The Morgan fingerprint density at radius 3 is 2.47 bits per heavy atom. The van der Waals surface area contributed by atoms with Crippen molar-refractivity contribution in [1.29, 1.82) is 0 Å². The third-order valence-corrected chi connectivity index (χ3v) is 2.89. The molecule has 0 fully saturated rings. The van der Waals surface area contributed by atoms with Crippen molar-refractivity contribution in [2.45, 2.75) is 26.8 Å². The van der Waals surface area contributed by atoms with Gasteiger partial charge in [-0.2, -0.15) is 11.3 Å². The number of urea groups is 1. The van der Waals surface area contributed by atoms with Crippen molar-refractivity contribution in [2.24, 2.45) is 11.1 Å². The first kappa shape index (κ1) is 13.5. The fourth-order valence-electron chi connectivity index (χ4n) is 1.37. The van der Waals surface area contributed by atoms with E-state index in [1.165, 1.54) is 11.3 Å². The molecule has 1 rings (SSSR count). The number of rotatable bonds is 3. The molecule has 94 valence electrons. The van der Waals surface area contributed by atoms with E-state index in [9.17, 15) is 9.59 Å². The van der Waals surface area contributed by atoms with E-state index in [1.807, 2.05) is 31.5 Å². The van der Waals surface area contributed by atoms with Crippen LogP contribution in [0.1, 0.15) is 20.8 Å². The number of nitrogens with two attached hydrogens (primary N) is 1. The van der Waals surface area contributed by atoms with Gasteiger partial charge in [-0.15, -0.1) is 0 Å². The molecule has 0 radical (unpaired) electrons. The molecule has 0 spiro atoms. The van der Waals surface area contributed by atoms with Crippen molar-refractivity contribution in [3.05, 3.63) is 16.8 Å². The molecule has 0 aliphatic rings. The van der Waals surface area contributed by atoms with E-state index in [0.29, 0.717) is 0 Å². The second kappa shape index (κ2) is 5.18. The van der Waals surface area contributed by atoms with Gasteiger partial charge in [-0.1, -0.05) is 20.8 Å². The number of hydrogen-bond acceptors (Lipinski definition) is 3. The predicted octanol–water partition coefficient (Wildman–Crippen LogP) is 1.77. The Labute approximate surface area is 104 Å². The van der Waals surface area contributed by atoms with E-state index in [0.717, 1.165) is 5.69 Å². The first-order valence-corrected chi connectivity index (χ1v) is 6.14. The van der Waals surface area contributed by atoms with Crippen LogP contribution in [0.5, 0.6) is 0 Å². The standard InChI is InChI=1S/C11H17N3O2S/c1-11(2,3)8(14-10(12)16)9(15)13-7-4-5-17-6-7/h4-6,8H,1-3H3,(H,13,15)(H3,12,14,16). The van der Waals surface area contributed by atoms with E-state index >= 15 is 0 Å². The number of carbonyl (C=O) groups is 2. The average molecular weight is 255 g/mol. The molecule has 0 bridgehead atoms. The molecule has 1 aromatic rings. The molecule has 17 heavy (non-hydrogen) atoms. The lowest BCUT2D eigenvalue weighted by atomic mass is 9.86. The summed E-state index contributed by atoms with van der Waals surface area (Å²) in [6.45, 7) is 5.59. The third kappa shape index (κ3) is 4.07. The maximum atomic E-state index is 12.0. The highest BCUT2D eigenvalue weighted by Crippen LogP contribution is 2.21. The minimum absolute atomic E-state index is 0.269. The molecule has 3 amide bonds. The van der Waals surface area contributed by atoms with E-state index < -0.39 is 17.5 Å². The Hall–Kier alpha value is -1.56. The minimum Gasteiger partial charge on any atom is -0.352 e. The number of amides is 3. The summed E-state index contributed by atoms with van der Waals surface area (Å²) in [4.78, 5) is 22.9. The molecule has 0 aromatic carbocycles. The van der Waals surface area contributed by atoms with Crippen molar-refractivity contribution in [3.8, 4) is 0 Å². The van der Waals surface area contributed by atoms with Crippen molar-refractivity contribution in [1.82, 2.24) is 5.32 Å². The van der Waals surface area contributed by atoms with E-state index in [2.05, 4.69) is 10.6 Å². The molecule has 1 aromatic heterocycles. The van der Waals surface area contributed by atoms with Gasteiger partial charge in [0, 0.05) is 5.38 Å². The molecule has 1 atom stereocenters. The van der Waals surface area contributed by atoms with Crippen LogP contribution in [0.3, 0.4) is 0 Å². The summed E-state index contributed by atoms with van der Waals surface area (Å²) in [5.74, 6) is -0.269. The molecule has 0 aliphatic carbocycles. The van der Waals surface area contributed by atoms with Crippen LogP contribution in [-0.4, -0.2) is 18.0 Å². The van der Waals surface area contributed by atoms with Crippen LogP contribution in [0.25, 0.3) is 0 Å². The van der Waals surface area contributed by atoms with Gasteiger partial charge in [0.1, 0.15) is 6.04 Å². The molecular weight excluding hydrogens is 238 g/mol. The fourth-order valence-corrected chi connectivity index (χ4v) is 1.96. The molecule has 5 nitrogen and oxygen atoms in total. The van der Waals surface area contributed by atoms with Crippen molar-refractivity contribution < 1.29 is 9.59 Å². The summed E-state index contributed by atoms with van der Waals surface area (Å²) in [7, 11) is 0. The van der Waals surface area contributed by atoms with Crippen LogP contribution < -0.4 is 16.4 Å². The molecule has 0 saturated carbocycles. The number of thiophene rings is 1. The fraction of sp³-hybridized carbons (Fsp3) is 0.455. The average Bonchev–Trinajstić information content (AvgIpc) is 2.64. The van der Waals surface area contributed by atoms with E-state index in [4.69, 9.17) is 5.73 Å². The van der Waals surface area contributed by atoms with Crippen molar-refractivity contribution >= 4 is 29.0 Å². The number of nitrogens with one attached hydrogen (secondary N) is 2. The van der Waals surface area contributed by atoms with Gasteiger partial charge >= 0.3 is 6.03 Å². The summed E-state index contributed by atoms with van der Waals surface area (Å²) >= 11 is 1.49. The topological polar surface area (TPSA) is 84.2 Å². The van der Waals surface area contributed by atoms with Gasteiger partial charge in [-0.3, -0.25) is 4.79 Å². The summed E-state index contributed by atoms with van der Waals surface area (Å²) in [6, 6.07) is 0.428. The number of anilines is 1. The van der Waals surface area contributed by atoms with Crippen LogP contribution in [0.4, 0.5) is 10.5 Å².